The summed E-state index contributed by atoms with van der Waals surface area (Å²) < 4.78 is 39.0. The van der Waals surface area contributed by atoms with Crippen molar-refractivity contribution in [3.8, 4) is 11.3 Å². The van der Waals surface area contributed by atoms with Gasteiger partial charge in [-0.3, -0.25) is 9.88 Å². The number of halogens is 3. The SMILES string of the molecule is Cc1ccc(NC(=O)N2C3CC2CN([C@H](C)C(F)(F)F)C3)cc1-c1ccccn1. The molecule has 0 radical (unpaired) electrons. The van der Waals surface area contributed by atoms with Gasteiger partial charge in [-0.2, -0.15) is 13.2 Å². The molecule has 8 heteroatoms. The maximum absolute atomic E-state index is 13.0. The number of fused-ring (bicyclic) bond motifs is 2. The number of piperidine rings is 1. The number of alkyl halides is 3. The molecular formula is C21H23F3N4O. The van der Waals surface area contributed by atoms with Crippen LogP contribution in [-0.4, -0.2) is 58.2 Å². The van der Waals surface area contributed by atoms with Gasteiger partial charge in [-0.15, -0.1) is 0 Å². The fraction of sp³-hybridized carbons (Fsp3) is 0.429. The number of piperazine rings is 1. The van der Waals surface area contributed by atoms with Crippen molar-refractivity contribution >= 4 is 11.7 Å². The van der Waals surface area contributed by atoms with Crippen molar-refractivity contribution in [3.63, 3.8) is 0 Å². The number of aryl methyl sites for hydroxylation is 1. The van der Waals surface area contributed by atoms with E-state index in [4.69, 9.17) is 0 Å². The van der Waals surface area contributed by atoms with E-state index < -0.39 is 12.2 Å². The van der Waals surface area contributed by atoms with Gasteiger partial charge in [-0.05, 0) is 50.1 Å². The van der Waals surface area contributed by atoms with Crippen molar-refractivity contribution in [2.24, 2.45) is 0 Å². The lowest BCUT2D eigenvalue weighted by molar-refractivity contribution is -0.194. The number of carbonyl (C=O) groups is 1. The molecule has 2 saturated heterocycles. The summed E-state index contributed by atoms with van der Waals surface area (Å²) in [5, 5.41) is 2.90. The average Bonchev–Trinajstić information content (AvgIpc) is 2.68. The lowest BCUT2D eigenvalue weighted by atomic mass is 9.87. The zero-order valence-corrected chi connectivity index (χ0v) is 16.3. The largest absolute Gasteiger partial charge is 0.403 e. The van der Waals surface area contributed by atoms with Crippen LogP contribution in [0.25, 0.3) is 11.3 Å². The van der Waals surface area contributed by atoms with Crippen LogP contribution in [0.5, 0.6) is 0 Å². The zero-order chi connectivity index (χ0) is 20.8. The molecule has 2 aliphatic rings. The number of anilines is 1. The van der Waals surface area contributed by atoms with E-state index in [1.807, 2.05) is 43.3 Å². The Balaban J connectivity index is 1.44. The van der Waals surface area contributed by atoms with E-state index >= 15 is 0 Å². The van der Waals surface area contributed by atoms with Gasteiger partial charge in [0.15, 0.2) is 0 Å². The quantitative estimate of drug-likeness (QED) is 0.830. The molecule has 0 saturated carbocycles. The second-order valence-electron chi connectivity index (χ2n) is 7.80. The van der Waals surface area contributed by atoms with E-state index in [-0.39, 0.29) is 31.2 Å². The van der Waals surface area contributed by atoms with Gasteiger partial charge in [0.25, 0.3) is 0 Å². The Hall–Kier alpha value is -2.61. The summed E-state index contributed by atoms with van der Waals surface area (Å²) in [6.07, 6.45) is -1.78. The molecule has 2 aromatic rings. The number of amides is 2. The van der Waals surface area contributed by atoms with Gasteiger partial charge in [0, 0.05) is 42.6 Å². The second kappa shape index (κ2) is 7.33. The molecule has 0 spiro atoms. The molecule has 154 valence electrons. The first-order valence-corrected chi connectivity index (χ1v) is 9.66. The number of benzene rings is 1. The highest BCUT2D eigenvalue weighted by Gasteiger charge is 2.51. The number of urea groups is 1. The lowest BCUT2D eigenvalue weighted by Crippen LogP contribution is -2.72. The number of pyridine rings is 1. The van der Waals surface area contributed by atoms with E-state index in [1.165, 1.54) is 11.8 Å². The molecule has 2 fully saturated rings. The first kappa shape index (κ1) is 19.7. The van der Waals surface area contributed by atoms with Gasteiger partial charge in [-0.1, -0.05) is 12.1 Å². The predicted octanol–water partition coefficient (Wildman–Crippen LogP) is 4.30. The predicted molar refractivity (Wildman–Crippen MR) is 105 cm³/mol. The molecule has 3 atom stereocenters. The number of nitrogens with zero attached hydrogens (tertiary/aromatic N) is 3. The van der Waals surface area contributed by atoms with Crippen LogP contribution in [-0.2, 0) is 0 Å². The molecule has 3 heterocycles. The minimum atomic E-state index is -4.25. The fourth-order valence-corrected chi connectivity index (χ4v) is 4.18. The first-order chi connectivity index (χ1) is 13.7. The highest BCUT2D eigenvalue weighted by Crippen LogP contribution is 2.36. The number of aromatic nitrogens is 1. The highest BCUT2D eigenvalue weighted by molar-refractivity contribution is 5.91. The summed E-state index contributed by atoms with van der Waals surface area (Å²) in [4.78, 5) is 20.2. The van der Waals surface area contributed by atoms with Crippen molar-refractivity contribution in [3.05, 3.63) is 48.2 Å². The van der Waals surface area contributed by atoms with Crippen LogP contribution < -0.4 is 5.32 Å². The molecule has 5 nitrogen and oxygen atoms in total. The molecule has 2 amide bonds. The number of hydrogen-bond acceptors (Lipinski definition) is 3. The monoisotopic (exact) mass is 404 g/mol. The minimum absolute atomic E-state index is 0.181. The van der Waals surface area contributed by atoms with Crippen LogP contribution in [0.3, 0.4) is 0 Å². The third-order valence-corrected chi connectivity index (χ3v) is 5.91. The molecule has 1 aromatic heterocycles. The number of rotatable bonds is 3. The fourth-order valence-electron chi connectivity index (χ4n) is 4.18. The molecule has 4 rings (SSSR count). The van der Waals surface area contributed by atoms with Crippen molar-refractivity contribution in [1.29, 1.82) is 0 Å². The van der Waals surface area contributed by atoms with Crippen LogP contribution in [0.15, 0.2) is 42.6 Å². The van der Waals surface area contributed by atoms with Crippen molar-refractivity contribution in [2.75, 3.05) is 18.4 Å². The molecule has 1 aromatic carbocycles. The molecular weight excluding hydrogens is 381 g/mol. The van der Waals surface area contributed by atoms with E-state index in [1.54, 1.807) is 11.1 Å². The third-order valence-electron chi connectivity index (χ3n) is 5.91. The van der Waals surface area contributed by atoms with Gasteiger partial charge in [0.2, 0.25) is 0 Å². The Morgan fingerprint density at radius 2 is 1.93 bits per heavy atom. The standard InChI is InChI=1S/C21H23F3N4O/c1-13-6-7-15(9-18(13)19-5-3-4-8-25-19)26-20(29)28-16-10-17(28)12-27(11-16)14(2)21(22,23)24/h3-9,14,16-17H,10-12H2,1-2H3,(H,26,29)/t14-,16?,17?/m1/s1. The molecule has 2 unspecified atom stereocenters. The second-order valence-corrected chi connectivity index (χ2v) is 7.80. The number of carbonyl (C=O) groups excluding carboxylic acids is 1. The summed E-state index contributed by atoms with van der Waals surface area (Å²) in [5.74, 6) is 0. The zero-order valence-electron chi connectivity index (χ0n) is 16.3. The van der Waals surface area contributed by atoms with Crippen LogP contribution in [0.4, 0.5) is 23.7 Å². The summed E-state index contributed by atoms with van der Waals surface area (Å²) >= 11 is 0. The summed E-state index contributed by atoms with van der Waals surface area (Å²) in [6, 6.07) is 9.16. The Morgan fingerprint density at radius 1 is 1.21 bits per heavy atom. The topological polar surface area (TPSA) is 48.5 Å². The smallest absolute Gasteiger partial charge is 0.316 e. The van der Waals surface area contributed by atoms with E-state index in [2.05, 4.69) is 10.3 Å². The maximum Gasteiger partial charge on any atom is 0.403 e. The maximum atomic E-state index is 13.0. The Morgan fingerprint density at radius 3 is 2.55 bits per heavy atom. The molecule has 2 aliphatic heterocycles. The van der Waals surface area contributed by atoms with E-state index in [9.17, 15) is 18.0 Å². The Labute approximate surface area is 167 Å². The number of likely N-dealkylation sites (tertiary alicyclic amines) is 2. The molecule has 1 N–H and O–H groups in total. The first-order valence-electron chi connectivity index (χ1n) is 9.66. The minimum Gasteiger partial charge on any atom is -0.316 e. The van der Waals surface area contributed by atoms with Gasteiger partial charge in [0.1, 0.15) is 6.04 Å². The van der Waals surface area contributed by atoms with Crippen molar-refractivity contribution < 1.29 is 18.0 Å². The molecule has 2 bridgehead atoms. The Bertz CT molecular complexity index is 891. The Kier molecular flexibility index (Phi) is 4.98. The van der Waals surface area contributed by atoms with Crippen LogP contribution in [0.2, 0.25) is 0 Å². The van der Waals surface area contributed by atoms with Gasteiger partial charge < -0.3 is 10.2 Å². The summed E-state index contributed by atoms with van der Waals surface area (Å²) in [6.45, 7) is 3.65. The summed E-state index contributed by atoms with van der Waals surface area (Å²) in [5.41, 5.74) is 3.43. The van der Waals surface area contributed by atoms with Crippen LogP contribution in [0.1, 0.15) is 18.9 Å². The number of hydrogen-bond donors (Lipinski definition) is 1. The normalized spacial score (nSPS) is 22.7. The van der Waals surface area contributed by atoms with Crippen LogP contribution in [0, 0.1) is 6.92 Å². The van der Waals surface area contributed by atoms with Crippen molar-refractivity contribution in [1.82, 2.24) is 14.8 Å². The van der Waals surface area contributed by atoms with Crippen LogP contribution >= 0.6 is 0 Å². The lowest BCUT2D eigenvalue weighted by Gasteiger charge is -2.57. The molecule has 0 aliphatic carbocycles. The average molecular weight is 404 g/mol. The van der Waals surface area contributed by atoms with E-state index in [0.717, 1.165) is 23.2 Å². The number of nitrogens with one attached hydrogen (secondary N) is 1. The third kappa shape index (κ3) is 3.81. The van der Waals surface area contributed by atoms with Crippen molar-refractivity contribution in [2.45, 2.75) is 44.6 Å². The van der Waals surface area contributed by atoms with Gasteiger partial charge in [0.05, 0.1) is 5.69 Å². The van der Waals surface area contributed by atoms with E-state index in [0.29, 0.717) is 5.69 Å². The summed E-state index contributed by atoms with van der Waals surface area (Å²) in [7, 11) is 0. The van der Waals surface area contributed by atoms with Gasteiger partial charge in [-0.25, -0.2) is 4.79 Å². The molecule has 29 heavy (non-hydrogen) atoms. The highest BCUT2D eigenvalue weighted by atomic mass is 19.4. The van der Waals surface area contributed by atoms with Gasteiger partial charge >= 0.3 is 12.2 Å².